The molecule has 5 nitrogen and oxygen atoms in total. The van der Waals surface area contributed by atoms with Gasteiger partial charge in [-0.1, -0.05) is 25.1 Å². The molecule has 0 radical (unpaired) electrons. The van der Waals surface area contributed by atoms with Gasteiger partial charge in [0.25, 0.3) is 5.91 Å². The predicted molar refractivity (Wildman–Crippen MR) is 81.2 cm³/mol. The van der Waals surface area contributed by atoms with E-state index < -0.39 is 0 Å². The van der Waals surface area contributed by atoms with Gasteiger partial charge in [0, 0.05) is 24.5 Å². The fraction of sp³-hybridized carbons (Fsp3) is 0.375. The van der Waals surface area contributed by atoms with Gasteiger partial charge in [-0.15, -0.1) is 0 Å². The number of hydrogen-bond donors (Lipinski definition) is 1. The Morgan fingerprint density at radius 3 is 2.67 bits per heavy atom. The maximum Gasteiger partial charge on any atom is 0.290 e. The van der Waals surface area contributed by atoms with Gasteiger partial charge in [-0.25, -0.2) is 0 Å². The van der Waals surface area contributed by atoms with Crippen molar-refractivity contribution in [3.05, 3.63) is 35.6 Å². The van der Waals surface area contributed by atoms with Crippen molar-refractivity contribution in [2.45, 2.75) is 20.3 Å². The third-order valence-corrected chi connectivity index (χ3v) is 3.34. The fourth-order valence-electron chi connectivity index (χ4n) is 2.16. The quantitative estimate of drug-likeness (QED) is 0.918. The second-order valence-electron chi connectivity index (χ2n) is 5.06. The number of fused-ring (bicyclic) bond motifs is 1. The summed E-state index contributed by atoms with van der Waals surface area (Å²) in [5.74, 6) is -0.154. The molecule has 2 amide bonds. The Hall–Kier alpha value is -2.30. The number of amides is 2. The van der Waals surface area contributed by atoms with E-state index in [2.05, 4.69) is 5.32 Å². The van der Waals surface area contributed by atoms with Crippen molar-refractivity contribution >= 4 is 22.8 Å². The van der Waals surface area contributed by atoms with Crippen LogP contribution in [-0.2, 0) is 4.79 Å². The highest BCUT2D eigenvalue weighted by atomic mass is 16.3. The molecule has 1 aromatic heterocycles. The number of furan rings is 1. The summed E-state index contributed by atoms with van der Waals surface area (Å²) in [6.45, 7) is 4.47. The Kier molecular flexibility index (Phi) is 4.62. The van der Waals surface area contributed by atoms with Crippen LogP contribution in [0.25, 0.3) is 11.0 Å². The summed E-state index contributed by atoms with van der Waals surface area (Å²) in [5, 5.41) is 3.67. The number of nitrogens with one attached hydrogen (secondary N) is 1. The van der Waals surface area contributed by atoms with E-state index in [4.69, 9.17) is 4.42 Å². The smallest absolute Gasteiger partial charge is 0.290 e. The van der Waals surface area contributed by atoms with Crippen LogP contribution in [0.2, 0.25) is 0 Å². The van der Waals surface area contributed by atoms with Crippen LogP contribution in [-0.4, -0.2) is 36.9 Å². The SMILES string of the molecule is CCCNC(=O)CN(C)C(=O)c1oc2ccccc2c1C. The first-order chi connectivity index (χ1) is 10.0. The highest BCUT2D eigenvalue weighted by Gasteiger charge is 2.22. The van der Waals surface area contributed by atoms with Crippen molar-refractivity contribution in [3.63, 3.8) is 0 Å². The summed E-state index contributed by atoms with van der Waals surface area (Å²) in [7, 11) is 1.60. The summed E-state index contributed by atoms with van der Waals surface area (Å²) in [6.07, 6.45) is 0.867. The molecule has 1 heterocycles. The Morgan fingerprint density at radius 1 is 1.29 bits per heavy atom. The molecular weight excluding hydrogens is 268 g/mol. The van der Waals surface area contributed by atoms with Crippen LogP contribution in [0.3, 0.4) is 0 Å². The van der Waals surface area contributed by atoms with E-state index in [1.807, 2.05) is 38.1 Å². The first-order valence-corrected chi connectivity index (χ1v) is 7.05. The van der Waals surface area contributed by atoms with Gasteiger partial charge in [0.1, 0.15) is 5.58 Å². The van der Waals surface area contributed by atoms with E-state index in [-0.39, 0.29) is 18.4 Å². The molecule has 1 N–H and O–H groups in total. The molecule has 0 fully saturated rings. The zero-order valence-corrected chi connectivity index (χ0v) is 12.6. The summed E-state index contributed by atoms with van der Waals surface area (Å²) in [4.78, 5) is 25.4. The number of aryl methyl sites for hydroxylation is 1. The molecule has 2 rings (SSSR count). The topological polar surface area (TPSA) is 62.6 Å². The van der Waals surface area contributed by atoms with Crippen molar-refractivity contribution in [2.75, 3.05) is 20.1 Å². The molecule has 0 saturated heterocycles. The van der Waals surface area contributed by atoms with Gasteiger partial charge in [-0.2, -0.15) is 0 Å². The third-order valence-electron chi connectivity index (χ3n) is 3.34. The number of para-hydroxylation sites is 1. The van der Waals surface area contributed by atoms with Crippen LogP contribution >= 0.6 is 0 Å². The summed E-state index contributed by atoms with van der Waals surface area (Å²) < 4.78 is 5.62. The molecule has 0 aliphatic heterocycles. The van der Waals surface area contributed by atoms with Crippen molar-refractivity contribution in [2.24, 2.45) is 0 Å². The zero-order chi connectivity index (χ0) is 15.4. The Labute approximate surface area is 123 Å². The molecule has 0 saturated carbocycles. The number of nitrogens with zero attached hydrogens (tertiary/aromatic N) is 1. The lowest BCUT2D eigenvalue weighted by atomic mass is 10.1. The number of rotatable bonds is 5. The van der Waals surface area contributed by atoms with Gasteiger partial charge >= 0.3 is 0 Å². The van der Waals surface area contributed by atoms with Gasteiger partial charge in [0.2, 0.25) is 5.91 Å². The van der Waals surface area contributed by atoms with E-state index >= 15 is 0 Å². The molecule has 0 aliphatic carbocycles. The minimum atomic E-state index is -0.282. The molecule has 0 spiro atoms. The van der Waals surface area contributed by atoms with E-state index in [9.17, 15) is 9.59 Å². The van der Waals surface area contributed by atoms with Crippen LogP contribution in [0.5, 0.6) is 0 Å². The maximum atomic E-state index is 12.4. The molecule has 0 aliphatic rings. The molecule has 0 bridgehead atoms. The number of likely N-dealkylation sites (N-methyl/N-ethyl adjacent to an activating group) is 1. The van der Waals surface area contributed by atoms with E-state index in [0.29, 0.717) is 17.9 Å². The number of hydrogen-bond acceptors (Lipinski definition) is 3. The van der Waals surface area contributed by atoms with Gasteiger partial charge in [-0.3, -0.25) is 9.59 Å². The Balaban J connectivity index is 2.14. The number of benzene rings is 1. The summed E-state index contributed by atoms with van der Waals surface area (Å²) >= 11 is 0. The van der Waals surface area contributed by atoms with E-state index in [1.54, 1.807) is 7.05 Å². The van der Waals surface area contributed by atoms with Gasteiger partial charge in [0.05, 0.1) is 6.54 Å². The summed E-state index contributed by atoms with van der Waals surface area (Å²) in [6, 6.07) is 7.51. The normalized spacial score (nSPS) is 10.6. The average Bonchev–Trinajstić information content (AvgIpc) is 2.82. The van der Waals surface area contributed by atoms with Gasteiger partial charge < -0.3 is 14.6 Å². The highest BCUT2D eigenvalue weighted by molar-refractivity contribution is 6.00. The molecule has 0 unspecified atom stereocenters. The van der Waals surface area contributed by atoms with E-state index in [0.717, 1.165) is 17.4 Å². The van der Waals surface area contributed by atoms with Crippen molar-refractivity contribution in [1.29, 1.82) is 0 Å². The first-order valence-electron chi connectivity index (χ1n) is 7.05. The van der Waals surface area contributed by atoms with Crippen molar-refractivity contribution in [3.8, 4) is 0 Å². The Bertz CT molecular complexity index is 661. The Morgan fingerprint density at radius 2 is 2.00 bits per heavy atom. The highest BCUT2D eigenvalue weighted by Crippen LogP contribution is 2.25. The molecule has 2 aromatic rings. The lowest BCUT2D eigenvalue weighted by molar-refractivity contribution is -0.121. The molecule has 1 aromatic carbocycles. The van der Waals surface area contributed by atoms with Crippen molar-refractivity contribution in [1.82, 2.24) is 10.2 Å². The minimum Gasteiger partial charge on any atom is -0.451 e. The summed E-state index contributed by atoms with van der Waals surface area (Å²) in [5.41, 5.74) is 1.48. The van der Waals surface area contributed by atoms with Crippen molar-refractivity contribution < 1.29 is 14.0 Å². The third kappa shape index (κ3) is 3.24. The molecular formula is C16H20N2O3. The van der Waals surface area contributed by atoms with Crippen LogP contribution in [0, 0.1) is 6.92 Å². The van der Waals surface area contributed by atoms with Crippen LogP contribution in [0.15, 0.2) is 28.7 Å². The first kappa shape index (κ1) is 15.1. The van der Waals surface area contributed by atoms with Gasteiger partial charge in [-0.05, 0) is 19.4 Å². The standard InChI is InChI=1S/C16H20N2O3/c1-4-9-17-14(19)10-18(3)16(20)15-11(2)12-7-5-6-8-13(12)21-15/h5-8H,4,9-10H2,1-3H3,(H,17,19). The molecule has 21 heavy (non-hydrogen) atoms. The lowest BCUT2D eigenvalue weighted by Gasteiger charge is -2.15. The molecule has 5 heteroatoms. The van der Waals surface area contributed by atoms with Crippen LogP contribution in [0.4, 0.5) is 0 Å². The monoisotopic (exact) mass is 288 g/mol. The minimum absolute atomic E-state index is 0.0231. The fourth-order valence-corrected chi connectivity index (χ4v) is 2.16. The largest absolute Gasteiger partial charge is 0.451 e. The number of carbonyl (C=O) groups excluding carboxylic acids is 2. The second kappa shape index (κ2) is 6.43. The zero-order valence-electron chi connectivity index (χ0n) is 12.6. The van der Waals surface area contributed by atoms with E-state index in [1.165, 1.54) is 4.90 Å². The average molecular weight is 288 g/mol. The lowest BCUT2D eigenvalue weighted by Crippen LogP contribution is -2.38. The maximum absolute atomic E-state index is 12.4. The van der Waals surface area contributed by atoms with Crippen LogP contribution < -0.4 is 5.32 Å². The molecule has 0 atom stereocenters. The molecule has 112 valence electrons. The van der Waals surface area contributed by atoms with Crippen LogP contribution in [0.1, 0.15) is 29.5 Å². The second-order valence-corrected chi connectivity index (χ2v) is 5.06. The number of carbonyl (C=O) groups is 2. The van der Waals surface area contributed by atoms with Gasteiger partial charge in [0.15, 0.2) is 5.76 Å². The predicted octanol–water partition coefficient (Wildman–Crippen LogP) is 2.34.